The predicted octanol–water partition coefficient (Wildman–Crippen LogP) is 2.26. The predicted molar refractivity (Wildman–Crippen MR) is 69.5 cm³/mol. The molecule has 5 heteroatoms. The van der Waals surface area contributed by atoms with Gasteiger partial charge in [-0.05, 0) is 19.3 Å². The van der Waals surface area contributed by atoms with E-state index in [2.05, 4.69) is 23.6 Å². The summed E-state index contributed by atoms with van der Waals surface area (Å²) < 4.78 is 10.3. The highest BCUT2D eigenvalue weighted by molar-refractivity contribution is 5.95. The van der Waals surface area contributed by atoms with Gasteiger partial charge in [-0.1, -0.05) is 13.8 Å². The van der Waals surface area contributed by atoms with Crippen LogP contribution in [0.15, 0.2) is 12.3 Å². The number of pyridine rings is 1. The molecule has 0 spiro atoms. The number of methoxy groups -OCH3 is 1. The maximum Gasteiger partial charge on any atom is 0.340 e. The van der Waals surface area contributed by atoms with E-state index in [1.807, 2.05) is 6.92 Å². The van der Waals surface area contributed by atoms with Crippen LogP contribution in [-0.4, -0.2) is 24.2 Å². The van der Waals surface area contributed by atoms with Crippen molar-refractivity contribution in [3.8, 4) is 5.88 Å². The Morgan fingerprint density at radius 1 is 1.44 bits per heavy atom. The zero-order valence-corrected chi connectivity index (χ0v) is 11.3. The number of carbonyl (C=O) groups is 1. The van der Waals surface area contributed by atoms with E-state index in [9.17, 15) is 4.79 Å². The Labute approximate surface area is 107 Å². The lowest BCUT2D eigenvalue weighted by atomic mass is 10.1. The zero-order chi connectivity index (χ0) is 13.7. The normalized spacial score (nSPS) is 12.3. The van der Waals surface area contributed by atoms with Gasteiger partial charge in [-0.25, -0.2) is 9.78 Å². The molecule has 0 fully saturated rings. The van der Waals surface area contributed by atoms with Crippen LogP contribution >= 0.6 is 0 Å². The second kappa shape index (κ2) is 6.23. The summed E-state index contributed by atoms with van der Waals surface area (Å²) in [5, 5.41) is 0. The molecule has 18 heavy (non-hydrogen) atoms. The van der Waals surface area contributed by atoms with Gasteiger partial charge in [-0.3, -0.25) is 0 Å². The van der Waals surface area contributed by atoms with Crippen LogP contribution in [0.25, 0.3) is 0 Å². The highest BCUT2D eigenvalue weighted by atomic mass is 16.5. The van der Waals surface area contributed by atoms with E-state index in [1.165, 1.54) is 19.4 Å². The molecule has 100 valence electrons. The molecule has 1 unspecified atom stereocenters. The van der Waals surface area contributed by atoms with Crippen molar-refractivity contribution in [1.29, 1.82) is 0 Å². The molecule has 0 radical (unpaired) electrons. The van der Waals surface area contributed by atoms with Gasteiger partial charge < -0.3 is 15.2 Å². The molecule has 0 aliphatic carbocycles. The molecule has 0 saturated carbocycles. The van der Waals surface area contributed by atoms with Crippen molar-refractivity contribution in [3.63, 3.8) is 0 Å². The lowest BCUT2D eigenvalue weighted by Gasteiger charge is -2.16. The smallest absolute Gasteiger partial charge is 0.340 e. The number of carbonyl (C=O) groups excluding carboxylic acids is 1. The summed E-state index contributed by atoms with van der Waals surface area (Å²) in [7, 11) is 1.31. The van der Waals surface area contributed by atoms with Crippen molar-refractivity contribution in [2.75, 3.05) is 12.8 Å². The first-order chi connectivity index (χ1) is 8.43. The van der Waals surface area contributed by atoms with Crippen LogP contribution in [0.1, 0.15) is 37.6 Å². The zero-order valence-electron chi connectivity index (χ0n) is 11.3. The minimum Gasteiger partial charge on any atom is -0.475 e. The number of rotatable bonds is 5. The summed E-state index contributed by atoms with van der Waals surface area (Å²) in [4.78, 5) is 15.5. The summed E-state index contributed by atoms with van der Waals surface area (Å²) in [6.45, 7) is 6.21. The van der Waals surface area contributed by atoms with Crippen LogP contribution < -0.4 is 10.5 Å². The topological polar surface area (TPSA) is 74.4 Å². The van der Waals surface area contributed by atoms with Gasteiger partial charge in [0.25, 0.3) is 0 Å². The summed E-state index contributed by atoms with van der Waals surface area (Å²) in [6, 6.07) is 1.51. The summed E-state index contributed by atoms with van der Waals surface area (Å²) in [6.07, 6.45) is 2.36. The molecule has 1 atom stereocenters. The van der Waals surface area contributed by atoms with Gasteiger partial charge in [-0.15, -0.1) is 0 Å². The summed E-state index contributed by atoms with van der Waals surface area (Å²) in [5.74, 6) is 0.433. The first-order valence-electron chi connectivity index (χ1n) is 5.94. The van der Waals surface area contributed by atoms with Gasteiger partial charge in [0.05, 0.1) is 30.7 Å². The number of nitrogens with two attached hydrogens (primary N) is 1. The number of anilines is 1. The third kappa shape index (κ3) is 3.91. The number of esters is 1. The largest absolute Gasteiger partial charge is 0.475 e. The quantitative estimate of drug-likeness (QED) is 0.813. The number of ether oxygens (including phenoxy) is 2. The molecule has 0 bridgehead atoms. The second-order valence-corrected chi connectivity index (χ2v) is 4.66. The maximum atomic E-state index is 11.5. The van der Waals surface area contributed by atoms with E-state index in [1.54, 1.807) is 0 Å². The molecule has 1 rings (SSSR count). The Morgan fingerprint density at radius 3 is 2.67 bits per heavy atom. The second-order valence-electron chi connectivity index (χ2n) is 4.66. The van der Waals surface area contributed by atoms with Crippen molar-refractivity contribution in [1.82, 2.24) is 4.98 Å². The van der Waals surface area contributed by atoms with Gasteiger partial charge in [0.1, 0.15) is 0 Å². The van der Waals surface area contributed by atoms with Gasteiger partial charge >= 0.3 is 5.97 Å². The first kappa shape index (κ1) is 14.3. The molecular formula is C13H20N2O3. The lowest BCUT2D eigenvalue weighted by Crippen LogP contribution is -2.16. The molecule has 0 aliphatic rings. The standard InChI is InChI=1S/C13H20N2O3/c1-8(2)5-9(3)18-12-6-10(13(16)17-4)11(14)7-15-12/h6-9H,5,14H2,1-4H3. The van der Waals surface area contributed by atoms with Crippen LogP contribution in [0.5, 0.6) is 5.88 Å². The third-order valence-electron chi connectivity index (χ3n) is 2.44. The fraction of sp³-hybridized carbons (Fsp3) is 0.538. The SMILES string of the molecule is COC(=O)c1cc(OC(C)CC(C)C)ncc1N. The third-order valence-corrected chi connectivity index (χ3v) is 2.44. The Bertz CT molecular complexity index is 419. The van der Waals surface area contributed by atoms with Crippen molar-refractivity contribution >= 4 is 11.7 Å². The molecule has 0 saturated heterocycles. The number of nitrogen functional groups attached to an aromatic ring is 1. The Kier molecular flexibility index (Phi) is 4.95. The lowest BCUT2D eigenvalue weighted by molar-refractivity contribution is 0.0600. The van der Waals surface area contributed by atoms with Crippen LogP contribution in [0.3, 0.4) is 0 Å². The number of aromatic nitrogens is 1. The van der Waals surface area contributed by atoms with E-state index in [4.69, 9.17) is 10.5 Å². The van der Waals surface area contributed by atoms with Crippen molar-refractivity contribution in [2.45, 2.75) is 33.3 Å². The van der Waals surface area contributed by atoms with Crippen molar-refractivity contribution < 1.29 is 14.3 Å². The fourth-order valence-corrected chi connectivity index (χ4v) is 1.72. The van der Waals surface area contributed by atoms with Crippen LogP contribution in [-0.2, 0) is 4.74 Å². The van der Waals surface area contributed by atoms with E-state index in [0.29, 0.717) is 11.8 Å². The van der Waals surface area contributed by atoms with Gasteiger partial charge in [0, 0.05) is 6.07 Å². The van der Waals surface area contributed by atoms with E-state index in [0.717, 1.165) is 6.42 Å². The molecule has 0 aliphatic heterocycles. The molecule has 0 amide bonds. The first-order valence-corrected chi connectivity index (χ1v) is 5.94. The minimum absolute atomic E-state index is 0.0339. The number of hydrogen-bond acceptors (Lipinski definition) is 5. The highest BCUT2D eigenvalue weighted by Gasteiger charge is 2.14. The maximum absolute atomic E-state index is 11.5. The number of nitrogens with zero attached hydrogens (tertiary/aromatic N) is 1. The van der Waals surface area contributed by atoms with E-state index < -0.39 is 5.97 Å². The van der Waals surface area contributed by atoms with Crippen LogP contribution in [0.4, 0.5) is 5.69 Å². The van der Waals surface area contributed by atoms with Crippen LogP contribution in [0.2, 0.25) is 0 Å². The number of hydrogen-bond donors (Lipinski definition) is 1. The summed E-state index contributed by atoms with van der Waals surface area (Å²) >= 11 is 0. The summed E-state index contributed by atoms with van der Waals surface area (Å²) in [5.41, 5.74) is 6.22. The Morgan fingerprint density at radius 2 is 2.11 bits per heavy atom. The molecule has 1 heterocycles. The van der Waals surface area contributed by atoms with Gasteiger partial charge in [0.2, 0.25) is 5.88 Å². The fourth-order valence-electron chi connectivity index (χ4n) is 1.72. The molecule has 1 aromatic rings. The van der Waals surface area contributed by atoms with Crippen molar-refractivity contribution in [3.05, 3.63) is 17.8 Å². The highest BCUT2D eigenvalue weighted by Crippen LogP contribution is 2.19. The van der Waals surface area contributed by atoms with Crippen LogP contribution in [0, 0.1) is 5.92 Å². The van der Waals surface area contributed by atoms with E-state index >= 15 is 0 Å². The molecule has 2 N–H and O–H groups in total. The monoisotopic (exact) mass is 252 g/mol. The minimum atomic E-state index is -0.490. The Hall–Kier alpha value is -1.78. The average molecular weight is 252 g/mol. The molecule has 5 nitrogen and oxygen atoms in total. The Balaban J connectivity index is 2.82. The van der Waals surface area contributed by atoms with Gasteiger partial charge in [-0.2, -0.15) is 0 Å². The van der Waals surface area contributed by atoms with Gasteiger partial charge in [0.15, 0.2) is 0 Å². The molecular weight excluding hydrogens is 232 g/mol. The average Bonchev–Trinajstić information content (AvgIpc) is 2.29. The molecule has 0 aromatic carbocycles. The van der Waals surface area contributed by atoms with Crippen molar-refractivity contribution in [2.24, 2.45) is 5.92 Å². The van der Waals surface area contributed by atoms with E-state index in [-0.39, 0.29) is 17.4 Å². The molecule has 1 aromatic heterocycles.